The van der Waals surface area contributed by atoms with E-state index >= 15 is 0 Å². The molecule has 2 atom stereocenters. The van der Waals surface area contributed by atoms with Gasteiger partial charge >= 0.3 is 0 Å². The number of nitrogens with zero attached hydrogens (tertiary/aromatic N) is 1. The smallest absolute Gasteiger partial charge is 0.251 e. The Hall–Kier alpha value is -2.53. The third kappa shape index (κ3) is 5.51. The number of piperidine rings is 1. The molecule has 0 unspecified atom stereocenters. The van der Waals surface area contributed by atoms with Crippen LogP contribution in [0.15, 0.2) is 42.5 Å². The number of carbonyl (C=O) groups excluding carboxylic acids is 1. The molecule has 0 spiro atoms. The Morgan fingerprint density at radius 1 is 1.17 bits per heavy atom. The van der Waals surface area contributed by atoms with Gasteiger partial charge in [0.25, 0.3) is 5.91 Å². The van der Waals surface area contributed by atoms with E-state index in [-0.39, 0.29) is 11.9 Å². The fourth-order valence-corrected chi connectivity index (χ4v) is 3.99. The van der Waals surface area contributed by atoms with Crippen molar-refractivity contribution >= 4 is 5.91 Å². The highest BCUT2D eigenvalue weighted by atomic mass is 16.5. The summed E-state index contributed by atoms with van der Waals surface area (Å²) in [5.74, 6) is 2.13. The summed E-state index contributed by atoms with van der Waals surface area (Å²) in [6.07, 6.45) is 2.60. The third-order valence-electron chi connectivity index (χ3n) is 5.61. The predicted octanol–water partition coefficient (Wildman–Crippen LogP) is 4.43. The molecular formula is C24H32N2O3. The molecule has 2 aromatic carbocycles. The maximum absolute atomic E-state index is 12.7. The number of methoxy groups -OCH3 is 2. The minimum absolute atomic E-state index is 0.0967. The molecule has 5 nitrogen and oxygen atoms in total. The maximum Gasteiger partial charge on any atom is 0.251 e. The van der Waals surface area contributed by atoms with Crippen molar-refractivity contribution in [1.82, 2.24) is 10.2 Å². The molecule has 1 fully saturated rings. The Balaban J connectivity index is 1.63. The standard InChI is InChI=1S/C24H32N2O3/c1-17-6-5-13-26(15-17)16-19-7-9-20(10-8-19)24(27)25-18(2)22-14-21(28-3)11-12-23(22)29-4/h7-12,14,17-18H,5-6,13,15-16H2,1-4H3,(H,25,27)/t17-,18-/m1/s1. The summed E-state index contributed by atoms with van der Waals surface area (Å²) in [6, 6.07) is 13.3. The van der Waals surface area contributed by atoms with Gasteiger partial charge in [0.15, 0.2) is 0 Å². The van der Waals surface area contributed by atoms with E-state index < -0.39 is 0 Å². The third-order valence-corrected chi connectivity index (χ3v) is 5.61. The SMILES string of the molecule is COc1ccc(OC)c([C@@H](C)NC(=O)c2ccc(CN3CCC[C@@H](C)C3)cc2)c1. The number of hydrogen-bond donors (Lipinski definition) is 1. The van der Waals surface area contributed by atoms with E-state index in [1.54, 1.807) is 14.2 Å². The number of nitrogens with one attached hydrogen (secondary N) is 1. The molecule has 156 valence electrons. The van der Waals surface area contributed by atoms with Gasteiger partial charge in [-0.3, -0.25) is 9.69 Å². The van der Waals surface area contributed by atoms with Gasteiger partial charge in [0.1, 0.15) is 11.5 Å². The zero-order chi connectivity index (χ0) is 20.8. The topological polar surface area (TPSA) is 50.8 Å². The molecule has 5 heteroatoms. The lowest BCUT2D eigenvalue weighted by atomic mass is 9.99. The lowest BCUT2D eigenvalue weighted by Gasteiger charge is -2.30. The molecule has 1 aliphatic heterocycles. The first-order chi connectivity index (χ1) is 14.0. The molecule has 3 rings (SSSR count). The summed E-state index contributed by atoms with van der Waals surface area (Å²) in [5.41, 5.74) is 2.80. The zero-order valence-electron chi connectivity index (χ0n) is 17.9. The van der Waals surface area contributed by atoms with Gasteiger partial charge in [0.2, 0.25) is 0 Å². The van der Waals surface area contributed by atoms with Crippen LogP contribution in [-0.2, 0) is 6.54 Å². The molecular weight excluding hydrogens is 364 g/mol. The lowest BCUT2D eigenvalue weighted by molar-refractivity contribution is 0.0939. The Kier molecular flexibility index (Phi) is 7.15. The summed E-state index contributed by atoms with van der Waals surface area (Å²) >= 11 is 0. The molecule has 1 aliphatic rings. The largest absolute Gasteiger partial charge is 0.497 e. The van der Waals surface area contributed by atoms with Crippen LogP contribution in [-0.4, -0.2) is 38.1 Å². The van der Waals surface area contributed by atoms with Gasteiger partial charge in [-0.1, -0.05) is 19.1 Å². The van der Waals surface area contributed by atoms with Gasteiger partial charge in [-0.15, -0.1) is 0 Å². The van der Waals surface area contributed by atoms with Gasteiger partial charge in [-0.05, 0) is 68.1 Å². The Morgan fingerprint density at radius 2 is 1.93 bits per heavy atom. The summed E-state index contributed by atoms with van der Waals surface area (Å²) in [7, 11) is 3.25. The van der Waals surface area contributed by atoms with Crippen molar-refractivity contribution in [2.45, 2.75) is 39.3 Å². The quantitative estimate of drug-likeness (QED) is 0.752. The zero-order valence-corrected chi connectivity index (χ0v) is 17.9. The molecule has 1 saturated heterocycles. The van der Waals surface area contributed by atoms with Crippen LogP contribution in [0.2, 0.25) is 0 Å². The summed E-state index contributed by atoms with van der Waals surface area (Å²) in [5, 5.41) is 3.06. The van der Waals surface area contributed by atoms with Crippen molar-refractivity contribution in [3.8, 4) is 11.5 Å². The number of amides is 1. The molecule has 1 N–H and O–H groups in total. The predicted molar refractivity (Wildman–Crippen MR) is 116 cm³/mol. The second-order valence-electron chi connectivity index (χ2n) is 7.98. The van der Waals surface area contributed by atoms with E-state index in [9.17, 15) is 4.79 Å². The average molecular weight is 397 g/mol. The van der Waals surface area contributed by atoms with Crippen molar-refractivity contribution in [2.75, 3.05) is 27.3 Å². The Labute approximate surface area is 174 Å². The van der Waals surface area contributed by atoms with Gasteiger partial charge in [0.05, 0.1) is 20.3 Å². The molecule has 29 heavy (non-hydrogen) atoms. The summed E-state index contributed by atoms with van der Waals surface area (Å²) < 4.78 is 10.7. The van der Waals surface area contributed by atoms with Crippen LogP contribution in [0, 0.1) is 5.92 Å². The van der Waals surface area contributed by atoms with Crippen molar-refractivity contribution < 1.29 is 14.3 Å². The molecule has 0 aromatic heterocycles. The fourth-order valence-electron chi connectivity index (χ4n) is 3.99. The molecule has 0 radical (unpaired) electrons. The number of hydrogen-bond acceptors (Lipinski definition) is 4. The molecule has 1 amide bonds. The maximum atomic E-state index is 12.7. The van der Waals surface area contributed by atoms with E-state index in [0.29, 0.717) is 5.56 Å². The second-order valence-corrected chi connectivity index (χ2v) is 7.98. The molecule has 0 saturated carbocycles. The second kappa shape index (κ2) is 9.79. The number of ether oxygens (including phenoxy) is 2. The Bertz CT molecular complexity index is 819. The van der Waals surface area contributed by atoms with Crippen LogP contribution in [0.4, 0.5) is 0 Å². The minimum Gasteiger partial charge on any atom is -0.497 e. The molecule has 1 heterocycles. The number of benzene rings is 2. The average Bonchev–Trinajstić information content (AvgIpc) is 2.73. The van der Waals surface area contributed by atoms with Crippen molar-refractivity contribution in [2.24, 2.45) is 5.92 Å². The van der Waals surface area contributed by atoms with Crippen LogP contribution < -0.4 is 14.8 Å². The van der Waals surface area contributed by atoms with Crippen molar-refractivity contribution in [3.63, 3.8) is 0 Å². The van der Waals surface area contributed by atoms with Gasteiger partial charge in [-0.25, -0.2) is 0 Å². The summed E-state index contributed by atoms with van der Waals surface area (Å²) in [4.78, 5) is 15.2. The molecule has 2 aromatic rings. The van der Waals surface area contributed by atoms with Gasteiger partial charge in [0, 0.05) is 24.2 Å². The highest BCUT2D eigenvalue weighted by Gasteiger charge is 2.18. The van der Waals surface area contributed by atoms with E-state index in [0.717, 1.165) is 42.6 Å². The van der Waals surface area contributed by atoms with Crippen LogP contribution >= 0.6 is 0 Å². The van der Waals surface area contributed by atoms with Gasteiger partial charge in [-0.2, -0.15) is 0 Å². The van der Waals surface area contributed by atoms with Crippen LogP contribution in [0.1, 0.15) is 54.2 Å². The molecule has 0 aliphatic carbocycles. The number of likely N-dealkylation sites (tertiary alicyclic amines) is 1. The van der Waals surface area contributed by atoms with E-state index in [4.69, 9.17) is 9.47 Å². The first kappa shape index (κ1) is 21.2. The number of carbonyl (C=O) groups is 1. The first-order valence-electron chi connectivity index (χ1n) is 10.3. The van der Waals surface area contributed by atoms with Crippen molar-refractivity contribution in [1.29, 1.82) is 0 Å². The lowest BCUT2D eigenvalue weighted by Crippen LogP contribution is -2.33. The van der Waals surface area contributed by atoms with E-state index in [1.807, 2.05) is 37.3 Å². The van der Waals surface area contributed by atoms with Crippen LogP contribution in [0.25, 0.3) is 0 Å². The minimum atomic E-state index is -0.206. The van der Waals surface area contributed by atoms with E-state index in [2.05, 4.69) is 29.3 Å². The number of rotatable bonds is 7. The Morgan fingerprint density at radius 3 is 2.59 bits per heavy atom. The van der Waals surface area contributed by atoms with Crippen LogP contribution in [0.5, 0.6) is 11.5 Å². The molecule has 0 bridgehead atoms. The van der Waals surface area contributed by atoms with Gasteiger partial charge < -0.3 is 14.8 Å². The normalized spacial score (nSPS) is 18.1. The highest BCUT2D eigenvalue weighted by molar-refractivity contribution is 5.94. The monoisotopic (exact) mass is 396 g/mol. The first-order valence-corrected chi connectivity index (χ1v) is 10.3. The fraction of sp³-hybridized carbons (Fsp3) is 0.458. The van der Waals surface area contributed by atoms with Crippen LogP contribution in [0.3, 0.4) is 0 Å². The van der Waals surface area contributed by atoms with Crippen molar-refractivity contribution in [3.05, 3.63) is 59.2 Å². The van der Waals surface area contributed by atoms with E-state index in [1.165, 1.54) is 18.4 Å². The highest BCUT2D eigenvalue weighted by Crippen LogP contribution is 2.29. The summed E-state index contributed by atoms with van der Waals surface area (Å²) in [6.45, 7) is 7.53.